The first-order valence-corrected chi connectivity index (χ1v) is 3.05. The van der Waals surface area contributed by atoms with Crippen molar-refractivity contribution in [3.8, 4) is 11.5 Å². The van der Waals surface area contributed by atoms with Crippen LogP contribution in [0.15, 0.2) is 24.3 Å². The zero-order valence-electron chi connectivity index (χ0n) is 6.13. The number of methoxy groups -OCH3 is 2. The molecule has 10 heavy (non-hydrogen) atoms. The number of ether oxygens (including phenoxy) is 2. The second kappa shape index (κ2) is 3.11. The van der Waals surface area contributed by atoms with Crippen LogP contribution in [0, 0.1) is 0 Å². The molecule has 0 saturated carbocycles. The van der Waals surface area contributed by atoms with Crippen molar-refractivity contribution in [3.05, 3.63) is 24.3 Å². The fraction of sp³-hybridized carbons (Fsp3) is 0.250. The van der Waals surface area contributed by atoms with Crippen LogP contribution >= 0.6 is 0 Å². The van der Waals surface area contributed by atoms with E-state index in [1.165, 1.54) is 0 Å². The molecule has 0 aromatic heterocycles. The lowest BCUT2D eigenvalue weighted by Crippen LogP contribution is -1.84. The predicted octanol–water partition coefficient (Wildman–Crippen LogP) is 1.70. The summed E-state index contributed by atoms with van der Waals surface area (Å²) in [6.45, 7) is 0. The summed E-state index contributed by atoms with van der Waals surface area (Å²) in [4.78, 5) is 0. The third kappa shape index (κ3) is 1.41. The predicted molar refractivity (Wildman–Crippen MR) is 39.5 cm³/mol. The molecule has 0 atom stereocenters. The Morgan fingerprint density at radius 2 is 2.20 bits per heavy atom. The molecule has 0 heterocycles. The molecule has 0 unspecified atom stereocenters. The third-order valence-electron chi connectivity index (χ3n) is 1.28. The van der Waals surface area contributed by atoms with Crippen LogP contribution in [0.2, 0.25) is 0 Å². The lowest BCUT2D eigenvalue weighted by Gasteiger charge is -1.94. The van der Waals surface area contributed by atoms with Gasteiger partial charge in [-0.15, -0.1) is 0 Å². The number of rotatable bonds is 2. The molecule has 53 valence electrons. The van der Waals surface area contributed by atoms with Gasteiger partial charge in [-0.2, -0.15) is 0 Å². The quantitative estimate of drug-likeness (QED) is 0.580. The molecular formula is C8H10O2+. The minimum atomic E-state index is 0.819. The highest BCUT2D eigenvalue weighted by Gasteiger charge is 2.01. The summed E-state index contributed by atoms with van der Waals surface area (Å²) in [7, 11) is 3.27. The van der Waals surface area contributed by atoms with E-state index in [1.54, 1.807) is 14.2 Å². The Kier molecular flexibility index (Phi) is 2.15. The largest absolute Gasteiger partial charge is 0.496 e. The van der Waals surface area contributed by atoms with Gasteiger partial charge in [0.15, 0.2) is 0 Å². The second-order valence-corrected chi connectivity index (χ2v) is 1.88. The molecule has 0 N–H and O–H groups in total. The summed E-state index contributed by atoms with van der Waals surface area (Å²) in [5.41, 5.74) is 0. The van der Waals surface area contributed by atoms with Gasteiger partial charge in [-0.05, 0) is 12.1 Å². The SMILES string of the molecule is COc1cccc([O+]C)c1. The summed E-state index contributed by atoms with van der Waals surface area (Å²) in [5.74, 6) is 1.64. The maximum atomic E-state index is 4.98. The van der Waals surface area contributed by atoms with Crippen LogP contribution in [-0.4, -0.2) is 14.2 Å². The highest BCUT2D eigenvalue weighted by molar-refractivity contribution is 5.32. The van der Waals surface area contributed by atoms with Gasteiger partial charge < -0.3 is 4.74 Å². The Morgan fingerprint density at radius 3 is 2.80 bits per heavy atom. The van der Waals surface area contributed by atoms with Crippen molar-refractivity contribution in [2.45, 2.75) is 0 Å². The first-order chi connectivity index (χ1) is 4.86. The van der Waals surface area contributed by atoms with Gasteiger partial charge in [0.25, 0.3) is 7.11 Å². The van der Waals surface area contributed by atoms with Crippen molar-refractivity contribution >= 4 is 0 Å². The third-order valence-corrected chi connectivity index (χ3v) is 1.28. The maximum Gasteiger partial charge on any atom is 0.346 e. The molecule has 0 aliphatic carbocycles. The monoisotopic (exact) mass is 138 g/mol. The van der Waals surface area contributed by atoms with Crippen LogP contribution in [0.25, 0.3) is 0 Å². The van der Waals surface area contributed by atoms with Gasteiger partial charge in [0.05, 0.1) is 13.2 Å². The standard InChI is InChI=1S/C8H10O2/c1-9-7-4-3-5-8(6-7)10-2/h3-6H,1-2H3/q+1. The van der Waals surface area contributed by atoms with Crippen LogP contribution in [0.4, 0.5) is 0 Å². The first kappa shape index (κ1) is 6.93. The van der Waals surface area contributed by atoms with Gasteiger partial charge in [0.2, 0.25) is 0 Å². The van der Waals surface area contributed by atoms with Crippen molar-refractivity contribution in [2.75, 3.05) is 14.2 Å². The summed E-state index contributed by atoms with van der Waals surface area (Å²) in [6.07, 6.45) is 0. The fourth-order valence-electron chi connectivity index (χ4n) is 0.728. The van der Waals surface area contributed by atoms with E-state index in [4.69, 9.17) is 9.47 Å². The molecule has 0 aliphatic rings. The normalized spacial score (nSPS) is 9.00. The molecule has 0 saturated heterocycles. The van der Waals surface area contributed by atoms with Crippen molar-refractivity contribution < 1.29 is 9.47 Å². The summed E-state index contributed by atoms with van der Waals surface area (Å²) >= 11 is 0. The molecule has 1 aromatic carbocycles. The Morgan fingerprint density at radius 1 is 1.40 bits per heavy atom. The van der Waals surface area contributed by atoms with E-state index < -0.39 is 0 Å². The lowest BCUT2D eigenvalue weighted by atomic mass is 10.3. The van der Waals surface area contributed by atoms with Crippen molar-refractivity contribution in [1.29, 1.82) is 0 Å². The van der Waals surface area contributed by atoms with Crippen LogP contribution in [0.1, 0.15) is 0 Å². The van der Waals surface area contributed by atoms with Gasteiger partial charge in [0, 0.05) is 6.07 Å². The second-order valence-electron chi connectivity index (χ2n) is 1.88. The molecular weight excluding hydrogens is 128 g/mol. The molecule has 0 aliphatic heterocycles. The van der Waals surface area contributed by atoms with E-state index in [2.05, 4.69) is 0 Å². The number of benzene rings is 1. The summed E-state index contributed by atoms with van der Waals surface area (Å²) in [5, 5.41) is 0. The highest BCUT2D eigenvalue weighted by Crippen LogP contribution is 2.17. The van der Waals surface area contributed by atoms with E-state index in [9.17, 15) is 0 Å². The van der Waals surface area contributed by atoms with Crippen molar-refractivity contribution in [2.24, 2.45) is 0 Å². The van der Waals surface area contributed by atoms with E-state index in [0.29, 0.717) is 0 Å². The van der Waals surface area contributed by atoms with Crippen LogP contribution in [0.5, 0.6) is 11.5 Å². The first-order valence-electron chi connectivity index (χ1n) is 3.05. The highest BCUT2D eigenvalue weighted by atomic mass is 16.5. The van der Waals surface area contributed by atoms with E-state index >= 15 is 0 Å². The van der Waals surface area contributed by atoms with E-state index in [0.717, 1.165) is 11.5 Å². The number of hydrogen-bond acceptors (Lipinski definition) is 2. The Hall–Kier alpha value is -1.18. The molecule has 0 fully saturated rings. The Bertz CT molecular complexity index is 189. The summed E-state index contributed by atoms with van der Waals surface area (Å²) < 4.78 is 9.95. The van der Waals surface area contributed by atoms with Crippen LogP contribution < -0.4 is 9.47 Å². The van der Waals surface area contributed by atoms with Gasteiger partial charge in [-0.1, -0.05) is 0 Å². The molecule has 2 heteroatoms. The molecule has 1 radical (unpaired) electrons. The van der Waals surface area contributed by atoms with Crippen molar-refractivity contribution in [1.82, 2.24) is 0 Å². The smallest absolute Gasteiger partial charge is 0.346 e. The van der Waals surface area contributed by atoms with Gasteiger partial charge in [-0.25, -0.2) is 0 Å². The van der Waals surface area contributed by atoms with E-state index in [1.807, 2.05) is 24.3 Å². The van der Waals surface area contributed by atoms with Gasteiger partial charge in [-0.3, -0.25) is 4.74 Å². The Labute approximate surface area is 60.4 Å². The number of hydrogen-bond donors (Lipinski definition) is 0. The fourth-order valence-corrected chi connectivity index (χ4v) is 0.728. The average molecular weight is 138 g/mol. The van der Waals surface area contributed by atoms with E-state index in [-0.39, 0.29) is 0 Å². The molecule has 0 spiro atoms. The zero-order valence-corrected chi connectivity index (χ0v) is 6.13. The minimum Gasteiger partial charge on any atom is -0.496 e. The van der Waals surface area contributed by atoms with Crippen LogP contribution in [0.3, 0.4) is 0 Å². The molecule has 0 bridgehead atoms. The molecule has 1 aromatic rings. The lowest BCUT2D eigenvalue weighted by molar-refractivity contribution is 0.394. The molecule has 1 rings (SSSR count). The molecule has 0 amide bonds. The van der Waals surface area contributed by atoms with Gasteiger partial charge >= 0.3 is 5.75 Å². The molecule has 2 nitrogen and oxygen atoms in total. The maximum absolute atomic E-state index is 4.98. The Balaban J connectivity index is 2.87. The zero-order chi connectivity index (χ0) is 7.40. The topological polar surface area (TPSA) is 20.5 Å². The average Bonchev–Trinajstić information content (AvgIpc) is 2.05. The van der Waals surface area contributed by atoms with Crippen molar-refractivity contribution in [3.63, 3.8) is 0 Å². The summed E-state index contributed by atoms with van der Waals surface area (Å²) in [6, 6.07) is 7.47. The van der Waals surface area contributed by atoms with Crippen LogP contribution in [-0.2, 0) is 0 Å². The van der Waals surface area contributed by atoms with Gasteiger partial charge in [0.1, 0.15) is 5.75 Å². The minimum absolute atomic E-state index is 0.819.